The smallest absolute Gasteiger partial charge is 1.00 e. The molecule has 1 unspecified atom stereocenters. The summed E-state index contributed by atoms with van der Waals surface area (Å²) in [5, 5.41) is 9.91. The Balaban J connectivity index is 0.00000180. The van der Waals surface area contributed by atoms with E-state index in [0.717, 1.165) is 11.1 Å². The summed E-state index contributed by atoms with van der Waals surface area (Å²) in [5.41, 5.74) is 1.27. The van der Waals surface area contributed by atoms with Gasteiger partial charge in [-0.25, -0.2) is 4.39 Å². The van der Waals surface area contributed by atoms with Crippen LogP contribution in [0.3, 0.4) is 0 Å². The summed E-state index contributed by atoms with van der Waals surface area (Å²) in [6, 6.07) is 13.5. The van der Waals surface area contributed by atoms with Gasteiger partial charge in [0.05, 0.1) is 0 Å². The number of rotatable bonds is 2. The van der Waals surface area contributed by atoms with E-state index in [0.29, 0.717) is 5.56 Å². The third-order valence-electron chi connectivity index (χ3n) is 2.91. The third-order valence-corrected chi connectivity index (χ3v) is 2.91. The van der Waals surface area contributed by atoms with Crippen molar-refractivity contribution >= 4 is 23.1 Å². The van der Waals surface area contributed by atoms with E-state index in [2.05, 4.69) is 5.92 Å². The first-order chi connectivity index (χ1) is 8.53. The Labute approximate surface area is 145 Å². The van der Waals surface area contributed by atoms with Crippen molar-refractivity contribution in [1.29, 1.82) is 0 Å². The van der Waals surface area contributed by atoms with Crippen LogP contribution in [-0.2, 0) is 5.60 Å². The van der Waals surface area contributed by atoms with Crippen LogP contribution in [0.2, 0.25) is 0 Å². The Morgan fingerprint density at radius 3 is 1.80 bits per heavy atom. The molecule has 0 saturated heterocycles. The van der Waals surface area contributed by atoms with Crippen molar-refractivity contribution in [2.75, 3.05) is 0 Å². The van der Waals surface area contributed by atoms with Crippen molar-refractivity contribution in [2.45, 2.75) is 12.5 Å². The average Bonchev–Trinajstić information content (AvgIpc) is 2.40. The molecule has 0 fully saturated rings. The molecule has 98 valence electrons. The van der Waals surface area contributed by atoms with E-state index in [1.807, 2.05) is 12.1 Å². The van der Waals surface area contributed by atoms with Gasteiger partial charge in [-0.3, -0.25) is 0 Å². The van der Waals surface area contributed by atoms with Crippen molar-refractivity contribution in [2.24, 2.45) is 0 Å². The normalized spacial score (nSPS) is 12.3. The molecule has 0 saturated carbocycles. The molecule has 0 radical (unpaired) electrons. The summed E-state index contributed by atoms with van der Waals surface area (Å²) in [4.78, 5) is 0. The van der Waals surface area contributed by atoms with Gasteiger partial charge in [0.1, 0.15) is 11.4 Å². The van der Waals surface area contributed by atoms with E-state index in [9.17, 15) is 9.50 Å². The maximum atomic E-state index is 12.8. The Hall–Kier alpha value is -0.864. The second-order valence-corrected chi connectivity index (χ2v) is 4.30. The number of hydrogen-bond acceptors (Lipinski definition) is 1. The van der Waals surface area contributed by atoms with E-state index in [4.69, 9.17) is 6.42 Å². The maximum Gasteiger partial charge on any atom is 2.00 e. The van der Waals surface area contributed by atoms with Gasteiger partial charge in [0.25, 0.3) is 0 Å². The molecule has 0 amide bonds. The maximum absolute atomic E-state index is 12.8. The minimum atomic E-state index is -1.26. The predicted molar refractivity (Wildman–Crippen MR) is 76.0 cm³/mol. The SMILES string of the molecule is C#CC(C)(O)c1ccc(-c2ccc(F)cc2)cc1.[Br-].[Mg+2]. The molecule has 0 heterocycles. The predicted octanol–water partition coefficient (Wildman–Crippen LogP) is -0.0434. The topological polar surface area (TPSA) is 20.2 Å². The molecule has 0 aliphatic heterocycles. The molecule has 1 nitrogen and oxygen atoms in total. The van der Waals surface area contributed by atoms with Crippen molar-refractivity contribution in [3.05, 3.63) is 59.9 Å². The van der Waals surface area contributed by atoms with Crippen LogP contribution in [0.5, 0.6) is 0 Å². The van der Waals surface area contributed by atoms with Gasteiger partial charge < -0.3 is 22.1 Å². The minimum absolute atomic E-state index is 0. The van der Waals surface area contributed by atoms with Gasteiger partial charge >= 0.3 is 23.1 Å². The molecule has 0 spiro atoms. The second-order valence-electron chi connectivity index (χ2n) is 4.30. The fraction of sp³-hybridized carbons (Fsp3) is 0.125. The molecule has 2 aromatic rings. The number of hydrogen-bond donors (Lipinski definition) is 1. The number of halogens is 2. The number of benzene rings is 2. The molecule has 0 bridgehead atoms. The summed E-state index contributed by atoms with van der Waals surface area (Å²) >= 11 is 0. The molecule has 0 aromatic heterocycles. The van der Waals surface area contributed by atoms with Crippen LogP contribution in [-0.4, -0.2) is 28.2 Å². The first-order valence-corrected chi connectivity index (χ1v) is 5.59. The van der Waals surface area contributed by atoms with Crippen molar-refractivity contribution in [1.82, 2.24) is 0 Å². The molecule has 2 aromatic carbocycles. The molecule has 1 N–H and O–H groups in total. The summed E-state index contributed by atoms with van der Waals surface area (Å²) in [6.45, 7) is 1.57. The Morgan fingerprint density at radius 2 is 1.40 bits per heavy atom. The van der Waals surface area contributed by atoms with Gasteiger partial charge in [0.15, 0.2) is 0 Å². The first kappa shape index (κ1) is 19.1. The van der Waals surface area contributed by atoms with E-state index in [1.54, 1.807) is 31.2 Å². The van der Waals surface area contributed by atoms with E-state index in [-0.39, 0.29) is 45.9 Å². The fourth-order valence-corrected chi connectivity index (χ4v) is 1.71. The number of terminal acetylenes is 1. The van der Waals surface area contributed by atoms with Crippen LogP contribution in [0.4, 0.5) is 4.39 Å². The van der Waals surface area contributed by atoms with Gasteiger partial charge in [-0.2, -0.15) is 0 Å². The number of aliphatic hydroxyl groups is 1. The van der Waals surface area contributed by atoms with Crippen molar-refractivity contribution < 1.29 is 26.5 Å². The molecular weight excluding hydrogens is 331 g/mol. The summed E-state index contributed by atoms with van der Waals surface area (Å²) in [7, 11) is 0. The zero-order valence-corrected chi connectivity index (χ0v) is 14.1. The van der Waals surface area contributed by atoms with Gasteiger partial charge in [-0.15, -0.1) is 6.42 Å². The molecule has 0 aliphatic rings. The monoisotopic (exact) mass is 343 g/mol. The zero-order valence-electron chi connectivity index (χ0n) is 11.1. The van der Waals surface area contributed by atoms with Gasteiger partial charge in [-0.1, -0.05) is 42.3 Å². The second kappa shape index (κ2) is 7.80. The Morgan fingerprint density at radius 1 is 1.00 bits per heavy atom. The van der Waals surface area contributed by atoms with E-state index in [1.165, 1.54) is 12.1 Å². The van der Waals surface area contributed by atoms with Crippen LogP contribution in [0.15, 0.2) is 48.5 Å². The molecule has 0 aliphatic carbocycles. The van der Waals surface area contributed by atoms with Crippen LogP contribution < -0.4 is 17.0 Å². The Bertz CT molecular complexity index is 585. The molecule has 1 atom stereocenters. The quantitative estimate of drug-likeness (QED) is 0.599. The van der Waals surface area contributed by atoms with Crippen LogP contribution in [0.1, 0.15) is 12.5 Å². The Kier molecular flexibility index (Phi) is 7.46. The fourth-order valence-electron chi connectivity index (χ4n) is 1.71. The average molecular weight is 344 g/mol. The van der Waals surface area contributed by atoms with Crippen LogP contribution in [0.25, 0.3) is 11.1 Å². The van der Waals surface area contributed by atoms with Crippen LogP contribution in [0, 0.1) is 18.2 Å². The zero-order chi connectivity index (χ0) is 13.2. The minimum Gasteiger partial charge on any atom is -1.00 e. The van der Waals surface area contributed by atoms with Gasteiger partial charge in [0, 0.05) is 0 Å². The summed E-state index contributed by atoms with van der Waals surface area (Å²) in [5.74, 6) is 2.07. The van der Waals surface area contributed by atoms with E-state index >= 15 is 0 Å². The summed E-state index contributed by atoms with van der Waals surface area (Å²) in [6.07, 6.45) is 5.26. The van der Waals surface area contributed by atoms with Crippen LogP contribution >= 0.6 is 0 Å². The first-order valence-electron chi connectivity index (χ1n) is 5.59. The summed E-state index contributed by atoms with van der Waals surface area (Å²) < 4.78 is 12.8. The van der Waals surface area contributed by atoms with Crippen molar-refractivity contribution in [3.8, 4) is 23.5 Å². The van der Waals surface area contributed by atoms with Gasteiger partial charge in [-0.05, 0) is 35.7 Å². The van der Waals surface area contributed by atoms with Gasteiger partial charge in [0.2, 0.25) is 0 Å². The molecule has 2 rings (SSSR count). The molecule has 4 heteroatoms. The standard InChI is InChI=1S/C16H13FO.BrH.Mg/c1-3-16(2,18)14-8-4-12(5-9-14)13-6-10-15(17)11-7-13;;/h1,4-11,18H,2H3;1H;/q;;+2/p-1. The molecular formula is C16H13BrFMgO+. The van der Waals surface area contributed by atoms with E-state index < -0.39 is 5.60 Å². The van der Waals surface area contributed by atoms with Crippen molar-refractivity contribution in [3.63, 3.8) is 0 Å². The largest absolute Gasteiger partial charge is 2.00 e. The molecule has 20 heavy (non-hydrogen) atoms. The third kappa shape index (κ3) is 4.32.